The van der Waals surface area contributed by atoms with Crippen LogP contribution in [0.4, 0.5) is 5.82 Å². The number of amides is 1. The Kier molecular flexibility index (Phi) is 3.55. The zero-order chi connectivity index (χ0) is 14.8. The van der Waals surface area contributed by atoms with Gasteiger partial charge in [-0.05, 0) is 18.9 Å². The summed E-state index contributed by atoms with van der Waals surface area (Å²) in [6.45, 7) is 0.728. The number of rotatable bonds is 3. The summed E-state index contributed by atoms with van der Waals surface area (Å²) in [4.78, 5) is 23.1. The van der Waals surface area contributed by atoms with E-state index in [4.69, 9.17) is 0 Å². The van der Waals surface area contributed by atoms with E-state index in [0.717, 1.165) is 25.1 Å². The molecule has 1 aliphatic rings. The van der Waals surface area contributed by atoms with Gasteiger partial charge in [0.25, 0.3) is 5.91 Å². The van der Waals surface area contributed by atoms with Crippen molar-refractivity contribution in [1.82, 2.24) is 24.6 Å². The first kappa shape index (κ1) is 13.5. The molecule has 1 saturated heterocycles. The molecule has 1 fully saturated rings. The summed E-state index contributed by atoms with van der Waals surface area (Å²) in [5.41, 5.74) is 1.30. The molecule has 3 rings (SSSR count). The third-order valence-electron chi connectivity index (χ3n) is 3.70. The number of hydrogen-bond donors (Lipinski definition) is 1. The normalized spacial score (nSPS) is 18.0. The SMILES string of the molecule is CNc1cncc(C2CCCN2C(=O)c2ccn(C)n2)n1. The minimum atomic E-state index is -0.0465. The van der Waals surface area contributed by atoms with Crippen LogP contribution in [0.5, 0.6) is 0 Å². The molecule has 1 amide bonds. The maximum absolute atomic E-state index is 12.6. The Morgan fingerprint density at radius 1 is 1.43 bits per heavy atom. The van der Waals surface area contributed by atoms with Gasteiger partial charge >= 0.3 is 0 Å². The van der Waals surface area contributed by atoms with Crippen molar-refractivity contribution in [3.05, 3.63) is 36.0 Å². The van der Waals surface area contributed by atoms with Crippen LogP contribution in [0.3, 0.4) is 0 Å². The summed E-state index contributed by atoms with van der Waals surface area (Å²) in [5.74, 6) is 0.666. The lowest BCUT2D eigenvalue weighted by molar-refractivity contribution is 0.0726. The molecule has 7 nitrogen and oxygen atoms in total. The molecule has 1 N–H and O–H groups in total. The van der Waals surface area contributed by atoms with Crippen molar-refractivity contribution in [3.8, 4) is 0 Å². The van der Waals surface area contributed by atoms with E-state index in [9.17, 15) is 4.79 Å². The Bertz CT molecular complexity index is 652. The fourth-order valence-corrected chi connectivity index (χ4v) is 2.66. The van der Waals surface area contributed by atoms with Crippen LogP contribution in [-0.4, -0.2) is 44.1 Å². The molecule has 2 aromatic heterocycles. The average Bonchev–Trinajstić information content (AvgIpc) is 3.15. The smallest absolute Gasteiger partial charge is 0.274 e. The second-order valence-electron chi connectivity index (χ2n) is 5.11. The summed E-state index contributed by atoms with van der Waals surface area (Å²) in [5, 5.41) is 7.17. The third-order valence-corrected chi connectivity index (χ3v) is 3.70. The highest BCUT2D eigenvalue weighted by atomic mass is 16.2. The van der Waals surface area contributed by atoms with Crippen LogP contribution >= 0.6 is 0 Å². The minimum Gasteiger partial charge on any atom is -0.372 e. The maximum atomic E-state index is 12.6. The highest BCUT2D eigenvalue weighted by Crippen LogP contribution is 2.31. The van der Waals surface area contributed by atoms with E-state index >= 15 is 0 Å². The zero-order valence-electron chi connectivity index (χ0n) is 12.2. The van der Waals surface area contributed by atoms with Crippen LogP contribution in [0.2, 0.25) is 0 Å². The minimum absolute atomic E-state index is 0.0275. The number of aryl methyl sites for hydroxylation is 1. The fraction of sp³-hybridized carbons (Fsp3) is 0.429. The number of likely N-dealkylation sites (tertiary alicyclic amines) is 1. The Morgan fingerprint density at radius 3 is 3.00 bits per heavy atom. The fourth-order valence-electron chi connectivity index (χ4n) is 2.66. The third kappa shape index (κ3) is 2.58. The van der Waals surface area contributed by atoms with Crippen molar-refractivity contribution in [1.29, 1.82) is 0 Å². The van der Waals surface area contributed by atoms with E-state index in [1.165, 1.54) is 0 Å². The first-order valence-corrected chi connectivity index (χ1v) is 6.99. The lowest BCUT2D eigenvalue weighted by Crippen LogP contribution is -2.31. The van der Waals surface area contributed by atoms with Gasteiger partial charge in [-0.2, -0.15) is 5.10 Å². The molecule has 21 heavy (non-hydrogen) atoms. The Morgan fingerprint density at radius 2 is 2.29 bits per heavy atom. The molecule has 0 aromatic carbocycles. The number of aromatic nitrogens is 4. The first-order chi connectivity index (χ1) is 10.2. The van der Waals surface area contributed by atoms with Crippen LogP contribution in [0.1, 0.15) is 35.1 Å². The molecule has 2 aromatic rings. The standard InChI is InChI=1S/C14H18N6O/c1-15-13-9-16-8-11(17-13)12-4-3-6-20(12)14(21)10-5-7-19(2)18-10/h5,7-9,12H,3-4,6H2,1-2H3,(H,15,17). The average molecular weight is 286 g/mol. The second kappa shape index (κ2) is 5.51. The van der Waals surface area contributed by atoms with E-state index in [-0.39, 0.29) is 11.9 Å². The summed E-state index contributed by atoms with van der Waals surface area (Å²) >= 11 is 0. The molecule has 110 valence electrons. The van der Waals surface area contributed by atoms with Gasteiger partial charge in [0.05, 0.1) is 24.1 Å². The van der Waals surface area contributed by atoms with E-state index < -0.39 is 0 Å². The molecular weight excluding hydrogens is 268 g/mol. The topological polar surface area (TPSA) is 75.9 Å². The molecular formula is C14H18N6O. The highest BCUT2D eigenvalue weighted by Gasteiger charge is 2.32. The van der Waals surface area contributed by atoms with Crippen molar-refractivity contribution in [2.24, 2.45) is 7.05 Å². The van der Waals surface area contributed by atoms with Gasteiger partial charge in [0.1, 0.15) is 11.5 Å². The number of hydrogen-bond acceptors (Lipinski definition) is 5. The predicted molar refractivity (Wildman–Crippen MR) is 77.8 cm³/mol. The lowest BCUT2D eigenvalue weighted by Gasteiger charge is -2.23. The summed E-state index contributed by atoms with van der Waals surface area (Å²) < 4.78 is 1.64. The van der Waals surface area contributed by atoms with Gasteiger partial charge < -0.3 is 10.2 Å². The molecule has 3 heterocycles. The quantitative estimate of drug-likeness (QED) is 0.918. The molecule has 0 aliphatic carbocycles. The second-order valence-corrected chi connectivity index (χ2v) is 5.11. The van der Waals surface area contributed by atoms with Crippen LogP contribution in [0.15, 0.2) is 24.7 Å². The van der Waals surface area contributed by atoms with Crippen molar-refractivity contribution in [2.45, 2.75) is 18.9 Å². The van der Waals surface area contributed by atoms with Gasteiger partial charge in [0, 0.05) is 26.8 Å². The van der Waals surface area contributed by atoms with Crippen molar-refractivity contribution >= 4 is 11.7 Å². The van der Waals surface area contributed by atoms with Crippen molar-refractivity contribution < 1.29 is 4.79 Å². The van der Waals surface area contributed by atoms with Gasteiger partial charge in [0.2, 0.25) is 0 Å². The van der Waals surface area contributed by atoms with Gasteiger partial charge in [-0.25, -0.2) is 4.98 Å². The molecule has 0 saturated carbocycles. The number of anilines is 1. The largest absolute Gasteiger partial charge is 0.372 e. The molecule has 0 spiro atoms. The first-order valence-electron chi connectivity index (χ1n) is 6.99. The summed E-state index contributed by atoms with van der Waals surface area (Å²) in [6.07, 6.45) is 7.05. The highest BCUT2D eigenvalue weighted by molar-refractivity contribution is 5.92. The van der Waals surface area contributed by atoms with E-state index in [1.54, 1.807) is 43.4 Å². The molecule has 1 unspecified atom stereocenters. The predicted octanol–water partition coefficient (Wildman–Crippen LogP) is 1.23. The van der Waals surface area contributed by atoms with Crippen LogP contribution in [0, 0.1) is 0 Å². The molecule has 1 aliphatic heterocycles. The van der Waals surface area contributed by atoms with Crippen molar-refractivity contribution in [3.63, 3.8) is 0 Å². The number of nitrogens with zero attached hydrogens (tertiary/aromatic N) is 5. The molecule has 7 heteroatoms. The van der Waals surface area contributed by atoms with Crippen molar-refractivity contribution in [2.75, 3.05) is 18.9 Å². The molecule has 1 atom stereocenters. The number of carbonyl (C=O) groups excluding carboxylic acids is 1. The van der Waals surface area contributed by atoms with Gasteiger partial charge in [-0.15, -0.1) is 0 Å². The Balaban J connectivity index is 1.86. The molecule has 0 bridgehead atoms. The van der Waals surface area contributed by atoms with Gasteiger partial charge in [0.15, 0.2) is 0 Å². The van der Waals surface area contributed by atoms with Gasteiger partial charge in [-0.1, -0.05) is 0 Å². The monoisotopic (exact) mass is 286 g/mol. The van der Waals surface area contributed by atoms with E-state index in [0.29, 0.717) is 11.5 Å². The number of nitrogens with one attached hydrogen (secondary N) is 1. The van der Waals surface area contributed by atoms with Crippen LogP contribution < -0.4 is 5.32 Å². The van der Waals surface area contributed by atoms with Crippen LogP contribution in [0.25, 0.3) is 0 Å². The number of carbonyl (C=O) groups is 1. The lowest BCUT2D eigenvalue weighted by atomic mass is 10.1. The van der Waals surface area contributed by atoms with Gasteiger partial charge in [-0.3, -0.25) is 14.5 Å². The zero-order valence-corrected chi connectivity index (χ0v) is 12.2. The summed E-state index contributed by atoms with van der Waals surface area (Å²) in [7, 11) is 3.61. The molecule has 0 radical (unpaired) electrons. The maximum Gasteiger partial charge on any atom is 0.274 e. The Labute approximate surface area is 123 Å². The van der Waals surface area contributed by atoms with E-state index in [1.807, 2.05) is 4.90 Å². The van der Waals surface area contributed by atoms with E-state index in [2.05, 4.69) is 20.4 Å². The Hall–Kier alpha value is -2.44. The summed E-state index contributed by atoms with van der Waals surface area (Å²) in [6, 6.07) is 1.72. The van der Waals surface area contributed by atoms with Crippen LogP contribution in [-0.2, 0) is 7.05 Å².